The number of nitrogens with one attached hydrogen (secondary N) is 1. The van der Waals surface area contributed by atoms with E-state index < -0.39 is 10.0 Å². The van der Waals surface area contributed by atoms with E-state index in [1.165, 1.54) is 6.42 Å². The zero-order valence-corrected chi connectivity index (χ0v) is 18.9. The number of sulfonamides is 1. The molecule has 1 aromatic heterocycles. The number of benzene rings is 1. The number of carbonyl (C=O) groups is 1. The van der Waals surface area contributed by atoms with Crippen LogP contribution in [-0.2, 0) is 10.0 Å². The number of aryl methyl sites for hydroxylation is 1. The van der Waals surface area contributed by atoms with Crippen molar-refractivity contribution >= 4 is 26.9 Å². The predicted octanol–water partition coefficient (Wildman–Crippen LogP) is 4.47. The first-order valence-corrected chi connectivity index (χ1v) is 12.5. The number of rotatable bonds is 4. The third-order valence-corrected chi connectivity index (χ3v) is 8.36. The van der Waals surface area contributed by atoms with Crippen molar-refractivity contribution in [1.82, 2.24) is 9.62 Å². The number of nitrogens with zero attached hydrogens (tertiary/aromatic N) is 1. The first kappa shape index (κ1) is 21.4. The van der Waals surface area contributed by atoms with Gasteiger partial charge >= 0.3 is 0 Å². The molecule has 2 aliphatic rings. The van der Waals surface area contributed by atoms with E-state index in [0.717, 1.165) is 32.1 Å². The number of amides is 1. The van der Waals surface area contributed by atoms with Gasteiger partial charge < -0.3 is 9.73 Å². The van der Waals surface area contributed by atoms with Crippen molar-refractivity contribution in [3.05, 3.63) is 29.5 Å². The molecule has 7 heteroatoms. The Hall–Kier alpha value is -1.86. The minimum atomic E-state index is -3.58. The second-order valence-electron chi connectivity index (χ2n) is 9.29. The fourth-order valence-electron chi connectivity index (χ4n) is 5.03. The third kappa shape index (κ3) is 4.14. The molecule has 1 aliphatic heterocycles. The molecule has 0 spiro atoms. The van der Waals surface area contributed by atoms with Gasteiger partial charge in [0.25, 0.3) is 5.91 Å². The lowest BCUT2D eigenvalue weighted by Gasteiger charge is -2.34. The van der Waals surface area contributed by atoms with Gasteiger partial charge in [0.1, 0.15) is 5.58 Å². The summed E-state index contributed by atoms with van der Waals surface area (Å²) in [6.45, 7) is 7.11. The molecule has 6 nitrogen and oxygen atoms in total. The fourth-order valence-corrected chi connectivity index (χ4v) is 6.73. The molecule has 2 heterocycles. The Kier molecular flexibility index (Phi) is 5.95. The Morgan fingerprint density at radius 3 is 2.43 bits per heavy atom. The van der Waals surface area contributed by atoms with Crippen molar-refractivity contribution in [1.29, 1.82) is 0 Å². The Balaban J connectivity index is 1.61. The monoisotopic (exact) mass is 432 g/mol. The first-order chi connectivity index (χ1) is 14.3. The summed E-state index contributed by atoms with van der Waals surface area (Å²) < 4.78 is 33.9. The quantitative estimate of drug-likeness (QED) is 0.773. The largest absolute Gasteiger partial charge is 0.451 e. The summed E-state index contributed by atoms with van der Waals surface area (Å²) in [5.41, 5.74) is 1.23. The van der Waals surface area contributed by atoms with Crippen molar-refractivity contribution in [2.45, 2.75) is 70.2 Å². The van der Waals surface area contributed by atoms with Crippen LogP contribution in [0.4, 0.5) is 0 Å². The van der Waals surface area contributed by atoms with Crippen LogP contribution in [0.1, 0.15) is 68.5 Å². The summed E-state index contributed by atoms with van der Waals surface area (Å²) in [6, 6.07) is 5.11. The molecule has 0 bridgehead atoms. The lowest BCUT2D eigenvalue weighted by molar-refractivity contribution is 0.0901. The van der Waals surface area contributed by atoms with E-state index in [1.54, 1.807) is 22.5 Å². The van der Waals surface area contributed by atoms with E-state index in [9.17, 15) is 13.2 Å². The molecule has 30 heavy (non-hydrogen) atoms. The molecule has 2 atom stereocenters. The van der Waals surface area contributed by atoms with Crippen LogP contribution < -0.4 is 5.32 Å². The van der Waals surface area contributed by atoms with Gasteiger partial charge in [0.15, 0.2) is 5.76 Å². The van der Waals surface area contributed by atoms with Gasteiger partial charge in [-0.3, -0.25) is 4.79 Å². The van der Waals surface area contributed by atoms with Crippen molar-refractivity contribution in [2.75, 3.05) is 13.1 Å². The molecule has 0 radical (unpaired) electrons. The van der Waals surface area contributed by atoms with Crippen LogP contribution >= 0.6 is 0 Å². The average molecular weight is 433 g/mol. The van der Waals surface area contributed by atoms with E-state index in [4.69, 9.17) is 4.42 Å². The topological polar surface area (TPSA) is 79.6 Å². The Morgan fingerprint density at radius 1 is 1.10 bits per heavy atom. The second kappa shape index (κ2) is 8.35. The summed E-state index contributed by atoms with van der Waals surface area (Å²) in [4.78, 5) is 13.0. The number of furan rings is 1. The van der Waals surface area contributed by atoms with Crippen LogP contribution in [0.3, 0.4) is 0 Å². The van der Waals surface area contributed by atoms with E-state index in [-0.39, 0.29) is 22.6 Å². The van der Waals surface area contributed by atoms with E-state index in [2.05, 4.69) is 19.2 Å². The van der Waals surface area contributed by atoms with Crippen LogP contribution in [0.5, 0.6) is 0 Å². The number of piperidine rings is 1. The van der Waals surface area contributed by atoms with Crippen LogP contribution in [0.2, 0.25) is 0 Å². The maximum Gasteiger partial charge on any atom is 0.287 e. The van der Waals surface area contributed by atoms with E-state index in [0.29, 0.717) is 41.5 Å². The predicted molar refractivity (Wildman–Crippen MR) is 117 cm³/mol. The Bertz CT molecular complexity index is 1030. The summed E-state index contributed by atoms with van der Waals surface area (Å²) in [5, 5.41) is 3.77. The second-order valence-corrected chi connectivity index (χ2v) is 11.2. The molecular weight excluding hydrogens is 400 g/mol. The molecule has 1 saturated carbocycles. The van der Waals surface area contributed by atoms with Gasteiger partial charge in [-0.1, -0.05) is 33.1 Å². The summed E-state index contributed by atoms with van der Waals surface area (Å²) in [7, 11) is -3.58. The average Bonchev–Trinajstić information content (AvgIpc) is 3.04. The molecule has 4 rings (SSSR count). The first-order valence-electron chi connectivity index (χ1n) is 11.1. The molecule has 2 fully saturated rings. The summed E-state index contributed by atoms with van der Waals surface area (Å²) in [6.07, 6.45) is 6.55. The smallest absolute Gasteiger partial charge is 0.287 e. The summed E-state index contributed by atoms with van der Waals surface area (Å²) in [5.74, 6) is 0.764. The third-order valence-electron chi connectivity index (χ3n) is 6.53. The van der Waals surface area contributed by atoms with Crippen LogP contribution in [0.25, 0.3) is 11.0 Å². The lowest BCUT2D eigenvalue weighted by atomic mass is 9.94. The molecular formula is C23H32N2O4S. The Labute approximate surface area is 179 Å². The minimum Gasteiger partial charge on any atom is -0.451 e. The standard InChI is InChI=1S/C23H32N2O4S/c1-15-11-16(2)14-25(13-15)30(27,28)19-9-10-21-20(12-19)17(3)22(29-21)23(26)24-18-7-5-4-6-8-18/h9-10,12,15-16,18H,4-8,11,13-14H2,1-3H3,(H,24,26)/t15-,16-/m0/s1. The minimum absolute atomic E-state index is 0.192. The van der Waals surface area contributed by atoms with Gasteiger partial charge in [0, 0.05) is 30.1 Å². The maximum absolute atomic E-state index is 13.3. The molecule has 1 saturated heterocycles. The van der Waals surface area contributed by atoms with Gasteiger partial charge in [-0.15, -0.1) is 0 Å². The number of fused-ring (bicyclic) bond motifs is 1. The Morgan fingerprint density at radius 2 is 1.77 bits per heavy atom. The fraction of sp³-hybridized carbons (Fsp3) is 0.609. The highest BCUT2D eigenvalue weighted by Crippen LogP contribution is 2.31. The van der Waals surface area contributed by atoms with Crippen LogP contribution in [-0.4, -0.2) is 37.8 Å². The van der Waals surface area contributed by atoms with Gasteiger partial charge in [-0.05, 0) is 56.2 Å². The normalized spacial score (nSPS) is 24.2. The molecule has 164 valence electrons. The number of carbonyl (C=O) groups excluding carboxylic acids is 1. The molecule has 1 N–H and O–H groups in total. The van der Waals surface area contributed by atoms with Gasteiger partial charge in [0.2, 0.25) is 10.0 Å². The SMILES string of the molecule is Cc1c(C(=O)NC2CCCCC2)oc2ccc(S(=O)(=O)N3C[C@@H](C)C[C@H](C)C3)cc12. The van der Waals surface area contributed by atoms with E-state index >= 15 is 0 Å². The van der Waals surface area contributed by atoms with Crippen molar-refractivity contribution in [3.63, 3.8) is 0 Å². The van der Waals surface area contributed by atoms with Crippen LogP contribution in [0, 0.1) is 18.8 Å². The lowest BCUT2D eigenvalue weighted by Crippen LogP contribution is -2.42. The van der Waals surface area contributed by atoms with Gasteiger partial charge in [-0.2, -0.15) is 4.31 Å². The highest BCUT2D eigenvalue weighted by molar-refractivity contribution is 7.89. The van der Waals surface area contributed by atoms with Crippen molar-refractivity contribution in [2.24, 2.45) is 11.8 Å². The highest BCUT2D eigenvalue weighted by atomic mass is 32.2. The zero-order chi connectivity index (χ0) is 21.5. The molecule has 2 aromatic rings. The molecule has 0 unspecified atom stereocenters. The van der Waals surface area contributed by atoms with E-state index in [1.807, 2.05) is 6.92 Å². The molecule has 1 aromatic carbocycles. The number of hydrogen-bond donors (Lipinski definition) is 1. The molecule has 1 aliphatic carbocycles. The highest BCUT2D eigenvalue weighted by Gasteiger charge is 2.32. The van der Waals surface area contributed by atoms with Gasteiger partial charge in [0.05, 0.1) is 4.90 Å². The maximum atomic E-state index is 13.3. The molecule has 1 amide bonds. The van der Waals surface area contributed by atoms with Gasteiger partial charge in [-0.25, -0.2) is 8.42 Å². The van der Waals surface area contributed by atoms with Crippen molar-refractivity contribution < 1.29 is 17.6 Å². The van der Waals surface area contributed by atoms with Crippen molar-refractivity contribution in [3.8, 4) is 0 Å². The van der Waals surface area contributed by atoms with Crippen LogP contribution in [0.15, 0.2) is 27.5 Å². The number of hydrogen-bond acceptors (Lipinski definition) is 4. The summed E-state index contributed by atoms with van der Waals surface area (Å²) >= 11 is 0. The zero-order valence-electron chi connectivity index (χ0n) is 18.1.